The zero-order chi connectivity index (χ0) is 12.2. The third-order valence-electron chi connectivity index (χ3n) is 2.75. The van der Waals surface area contributed by atoms with E-state index in [4.69, 9.17) is 9.78 Å². The number of hydrogen-bond donors (Lipinski definition) is 1. The lowest BCUT2D eigenvalue weighted by Gasteiger charge is -2.05. The molecular formula is C15H13NO2. The van der Waals surface area contributed by atoms with Gasteiger partial charge in [0.05, 0.1) is 0 Å². The Morgan fingerprint density at radius 3 is 2.72 bits per heavy atom. The second-order valence-electron chi connectivity index (χ2n) is 4.06. The summed E-state index contributed by atoms with van der Waals surface area (Å²) in [5.41, 5.74) is 2.17. The highest BCUT2D eigenvalue weighted by atomic mass is 17.2. The van der Waals surface area contributed by atoms with Crippen molar-refractivity contribution < 1.29 is 9.78 Å². The molecule has 0 atom stereocenters. The minimum absolute atomic E-state index is 0.437. The van der Waals surface area contributed by atoms with Crippen LogP contribution in [0.15, 0.2) is 60.8 Å². The van der Waals surface area contributed by atoms with E-state index >= 15 is 0 Å². The average Bonchev–Trinajstić information content (AvgIpc) is 2.87. The van der Waals surface area contributed by atoms with Gasteiger partial charge in [0, 0.05) is 17.1 Å². The molecule has 1 heterocycles. The van der Waals surface area contributed by atoms with Crippen LogP contribution < -0.4 is 4.89 Å². The van der Waals surface area contributed by atoms with E-state index in [9.17, 15) is 0 Å². The van der Waals surface area contributed by atoms with Crippen molar-refractivity contribution >= 4 is 10.9 Å². The van der Waals surface area contributed by atoms with Gasteiger partial charge in [-0.15, -0.1) is 0 Å². The fraction of sp³-hybridized carbons (Fsp3) is 0.0667. The fourth-order valence-electron chi connectivity index (χ4n) is 1.82. The summed E-state index contributed by atoms with van der Waals surface area (Å²) in [6.07, 6.45) is 1.90. The first kappa shape index (κ1) is 10.9. The van der Waals surface area contributed by atoms with E-state index in [0.29, 0.717) is 12.4 Å². The maximum absolute atomic E-state index is 5.27. The van der Waals surface area contributed by atoms with Crippen molar-refractivity contribution in [1.82, 2.24) is 4.98 Å². The molecule has 3 aromatic rings. The molecule has 0 saturated carbocycles. The molecule has 0 bridgehead atoms. The normalized spacial score (nSPS) is 10.7. The van der Waals surface area contributed by atoms with Gasteiger partial charge in [0.1, 0.15) is 6.61 Å². The molecule has 18 heavy (non-hydrogen) atoms. The van der Waals surface area contributed by atoms with Crippen LogP contribution in [0.1, 0.15) is 5.56 Å². The zero-order valence-electron chi connectivity index (χ0n) is 9.80. The molecular weight excluding hydrogens is 226 g/mol. The standard InChI is InChI=1S/C15H13NO2/c1-2-4-12(5-3-1)11-17-18-14-6-7-15-13(10-14)8-9-16-15/h1-10,16H,11H2. The number of nitrogens with one attached hydrogen (secondary N) is 1. The van der Waals surface area contributed by atoms with Crippen LogP contribution in [0.4, 0.5) is 0 Å². The molecule has 3 rings (SSSR count). The number of aromatic nitrogens is 1. The average molecular weight is 239 g/mol. The van der Waals surface area contributed by atoms with Gasteiger partial charge in [0.25, 0.3) is 0 Å². The van der Waals surface area contributed by atoms with Crippen LogP contribution in [0.5, 0.6) is 5.75 Å². The third-order valence-corrected chi connectivity index (χ3v) is 2.75. The van der Waals surface area contributed by atoms with Gasteiger partial charge in [-0.3, -0.25) is 0 Å². The number of H-pyrrole nitrogens is 1. The first-order valence-corrected chi connectivity index (χ1v) is 5.82. The van der Waals surface area contributed by atoms with Crippen molar-refractivity contribution in [2.45, 2.75) is 6.61 Å². The molecule has 0 spiro atoms. The number of fused-ring (bicyclic) bond motifs is 1. The Morgan fingerprint density at radius 1 is 0.944 bits per heavy atom. The molecule has 3 nitrogen and oxygen atoms in total. The van der Waals surface area contributed by atoms with E-state index in [1.54, 1.807) is 0 Å². The minimum Gasteiger partial charge on any atom is -0.361 e. The van der Waals surface area contributed by atoms with Gasteiger partial charge in [-0.1, -0.05) is 30.3 Å². The topological polar surface area (TPSA) is 34.2 Å². The number of hydrogen-bond acceptors (Lipinski definition) is 2. The van der Waals surface area contributed by atoms with E-state index in [2.05, 4.69) is 4.98 Å². The largest absolute Gasteiger partial charge is 0.361 e. The molecule has 0 aliphatic heterocycles. The Morgan fingerprint density at radius 2 is 1.83 bits per heavy atom. The lowest BCUT2D eigenvalue weighted by atomic mass is 10.2. The lowest BCUT2D eigenvalue weighted by molar-refractivity contribution is -0.217. The van der Waals surface area contributed by atoms with E-state index < -0.39 is 0 Å². The van der Waals surface area contributed by atoms with Gasteiger partial charge >= 0.3 is 0 Å². The van der Waals surface area contributed by atoms with Crippen LogP contribution in [0.25, 0.3) is 10.9 Å². The summed E-state index contributed by atoms with van der Waals surface area (Å²) in [7, 11) is 0. The molecule has 0 amide bonds. The molecule has 1 aromatic heterocycles. The number of aromatic amines is 1. The first-order chi connectivity index (χ1) is 8.92. The predicted octanol–water partition coefficient (Wildman–Crippen LogP) is 3.68. The Hall–Kier alpha value is -2.26. The molecule has 3 heteroatoms. The lowest BCUT2D eigenvalue weighted by Crippen LogP contribution is -1.97. The summed E-state index contributed by atoms with van der Waals surface area (Å²) in [5, 5.41) is 1.11. The molecule has 1 N–H and O–H groups in total. The maximum atomic E-state index is 5.27. The third kappa shape index (κ3) is 2.36. The van der Waals surface area contributed by atoms with Gasteiger partial charge in [-0.2, -0.15) is 4.89 Å². The highest BCUT2D eigenvalue weighted by Crippen LogP contribution is 2.20. The van der Waals surface area contributed by atoms with Gasteiger partial charge in [0.15, 0.2) is 5.75 Å². The van der Waals surface area contributed by atoms with Crippen LogP contribution in [0.2, 0.25) is 0 Å². The van der Waals surface area contributed by atoms with Gasteiger partial charge in [0.2, 0.25) is 0 Å². The molecule has 0 saturated heterocycles. The Bertz CT molecular complexity index is 631. The van der Waals surface area contributed by atoms with Crippen molar-refractivity contribution in [2.24, 2.45) is 0 Å². The summed E-state index contributed by atoms with van der Waals surface area (Å²) in [6, 6.07) is 17.7. The fourth-order valence-corrected chi connectivity index (χ4v) is 1.82. The summed E-state index contributed by atoms with van der Waals surface area (Å²) >= 11 is 0. The molecule has 0 fully saturated rings. The van der Waals surface area contributed by atoms with Crippen LogP contribution in [0.3, 0.4) is 0 Å². The molecule has 0 aliphatic carbocycles. The summed E-state index contributed by atoms with van der Waals surface area (Å²) < 4.78 is 0. The van der Waals surface area contributed by atoms with Crippen molar-refractivity contribution in [2.75, 3.05) is 0 Å². The number of benzene rings is 2. The van der Waals surface area contributed by atoms with Crippen LogP contribution in [-0.2, 0) is 11.5 Å². The Labute approximate surface area is 105 Å². The highest BCUT2D eigenvalue weighted by molar-refractivity contribution is 5.80. The minimum atomic E-state index is 0.437. The van der Waals surface area contributed by atoms with Crippen molar-refractivity contribution in [1.29, 1.82) is 0 Å². The molecule has 2 aromatic carbocycles. The van der Waals surface area contributed by atoms with Gasteiger partial charge in [-0.25, -0.2) is 0 Å². The van der Waals surface area contributed by atoms with Crippen LogP contribution in [0, 0.1) is 0 Å². The Balaban J connectivity index is 1.62. The van der Waals surface area contributed by atoms with Gasteiger partial charge < -0.3 is 9.87 Å². The quantitative estimate of drug-likeness (QED) is 0.556. The molecule has 0 unspecified atom stereocenters. The Kier molecular flexibility index (Phi) is 2.98. The second kappa shape index (κ2) is 4.94. The van der Waals surface area contributed by atoms with Gasteiger partial charge in [-0.05, 0) is 29.8 Å². The molecule has 90 valence electrons. The van der Waals surface area contributed by atoms with E-state index in [1.807, 2.05) is 60.8 Å². The highest BCUT2D eigenvalue weighted by Gasteiger charge is 1.99. The first-order valence-electron chi connectivity index (χ1n) is 5.82. The monoisotopic (exact) mass is 239 g/mol. The van der Waals surface area contributed by atoms with Crippen molar-refractivity contribution in [3.63, 3.8) is 0 Å². The summed E-state index contributed by atoms with van der Waals surface area (Å²) in [6.45, 7) is 0.437. The molecule has 0 radical (unpaired) electrons. The summed E-state index contributed by atoms with van der Waals surface area (Å²) in [4.78, 5) is 13.6. The maximum Gasteiger partial charge on any atom is 0.166 e. The van der Waals surface area contributed by atoms with Crippen molar-refractivity contribution in [3.05, 3.63) is 66.4 Å². The van der Waals surface area contributed by atoms with Crippen molar-refractivity contribution in [3.8, 4) is 5.75 Å². The smallest absolute Gasteiger partial charge is 0.166 e. The number of rotatable bonds is 4. The van der Waals surface area contributed by atoms with Crippen LogP contribution in [-0.4, -0.2) is 4.98 Å². The van der Waals surface area contributed by atoms with E-state index in [1.165, 1.54) is 0 Å². The predicted molar refractivity (Wildman–Crippen MR) is 70.2 cm³/mol. The van der Waals surface area contributed by atoms with E-state index in [-0.39, 0.29) is 0 Å². The van der Waals surface area contributed by atoms with Crippen LogP contribution >= 0.6 is 0 Å². The second-order valence-corrected chi connectivity index (χ2v) is 4.06. The SMILES string of the molecule is c1ccc(COOc2ccc3[nH]ccc3c2)cc1. The summed E-state index contributed by atoms with van der Waals surface area (Å²) in [5.74, 6) is 0.707. The zero-order valence-corrected chi connectivity index (χ0v) is 9.80. The molecule has 0 aliphatic rings. The van der Waals surface area contributed by atoms with E-state index in [0.717, 1.165) is 16.5 Å².